The van der Waals surface area contributed by atoms with Crippen molar-refractivity contribution >= 4 is 11.8 Å². The van der Waals surface area contributed by atoms with E-state index in [2.05, 4.69) is 37.5 Å². The number of H-pyrrole nitrogens is 2. The minimum absolute atomic E-state index is 0.0323. The summed E-state index contributed by atoms with van der Waals surface area (Å²) >= 11 is 0. The summed E-state index contributed by atoms with van der Waals surface area (Å²) in [4.78, 5) is 33.1. The molecule has 2 saturated heterocycles. The highest BCUT2D eigenvalue weighted by Crippen LogP contribution is 2.42. The number of hydrogen-bond acceptors (Lipinski definition) is 6. The summed E-state index contributed by atoms with van der Waals surface area (Å²) in [6.45, 7) is 8.26. The average Bonchev–Trinajstić information content (AvgIpc) is 3.30. The first kappa shape index (κ1) is 16.7. The molecule has 2 amide bonds. The molecular weight excluding hydrogens is 336 g/mol. The van der Waals surface area contributed by atoms with Gasteiger partial charge in [0.25, 0.3) is 5.91 Å². The van der Waals surface area contributed by atoms with E-state index >= 15 is 0 Å². The number of amides is 2. The first-order chi connectivity index (χ1) is 12.4. The minimum Gasteiger partial charge on any atom is -0.341 e. The van der Waals surface area contributed by atoms with Crippen molar-refractivity contribution in [3.05, 3.63) is 23.0 Å². The van der Waals surface area contributed by atoms with Crippen LogP contribution in [0.5, 0.6) is 0 Å². The summed E-state index contributed by atoms with van der Waals surface area (Å²) in [5, 5.41) is 17.2. The molecule has 4 heterocycles. The molecule has 138 valence electrons. The molecule has 2 aliphatic heterocycles. The smallest absolute Gasteiger partial charge is 0.276 e. The van der Waals surface area contributed by atoms with Gasteiger partial charge < -0.3 is 9.80 Å². The summed E-state index contributed by atoms with van der Waals surface area (Å²) in [6.07, 6.45) is 0.202. The molecule has 10 heteroatoms. The van der Waals surface area contributed by atoms with Crippen molar-refractivity contribution in [2.45, 2.75) is 27.2 Å². The molecule has 2 N–H and O–H groups in total. The molecule has 2 aromatic rings. The van der Waals surface area contributed by atoms with Crippen LogP contribution < -0.4 is 0 Å². The molecule has 4 rings (SSSR count). The first-order valence-corrected chi connectivity index (χ1v) is 8.68. The van der Waals surface area contributed by atoms with E-state index in [-0.39, 0.29) is 29.6 Å². The molecule has 2 aromatic heterocycles. The Labute approximate surface area is 150 Å². The number of nitrogens with zero attached hydrogens (tertiary/aromatic N) is 6. The Morgan fingerprint density at radius 3 is 2.50 bits per heavy atom. The number of aromatic amines is 2. The molecule has 0 radical (unpaired) electrons. The highest BCUT2D eigenvalue weighted by molar-refractivity contribution is 5.93. The van der Waals surface area contributed by atoms with E-state index < -0.39 is 0 Å². The lowest BCUT2D eigenvalue weighted by atomic mass is 9.83. The number of carbonyl (C=O) groups is 2. The maximum atomic E-state index is 12.7. The minimum atomic E-state index is -0.0993. The van der Waals surface area contributed by atoms with Crippen molar-refractivity contribution < 1.29 is 9.59 Å². The molecule has 2 aliphatic rings. The molecule has 0 saturated carbocycles. The van der Waals surface area contributed by atoms with Crippen molar-refractivity contribution in [2.24, 2.45) is 11.3 Å². The third-order valence-corrected chi connectivity index (χ3v) is 5.49. The Kier molecular flexibility index (Phi) is 3.78. The lowest BCUT2D eigenvalue weighted by Gasteiger charge is -2.25. The van der Waals surface area contributed by atoms with Crippen LogP contribution in [0.15, 0.2) is 0 Å². The van der Waals surface area contributed by atoms with Crippen LogP contribution in [0, 0.1) is 25.2 Å². The zero-order valence-electron chi connectivity index (χ0n) is 15.1. The molecule has 2 atom stereocenters. The molecule has 0 bridgehead atoms. The predicted molar refractivity (Wildman–Crippen MR) is 90.0 cm³/mol. The maximum Gasteiger partial charge on any atom is 0.276 e. The first-order valence-electron chi connectivity index (χ1n) is 8.68. The Bertz CT molecular complexity index is 858. The van der Waals surface area contributed by atoms with Gasteiger partial charge in [-0.1, -0.05) is 6.92 Å². The molecular formula is C16H22N8O2. The zero-order valence-corrected chi connectivity index (χ0v) is 15.1. The molecule has 0 unspecified atom stereocenters. The van der Waals surface area contributed by atoms with Crippen LogP contribution in [-0.4, -0.2) is 78.4 Å². The van der Waals surface area contributed by atoms with Gasteiger partial charge >= 0.3 is 0 Å². The largest absolute Gasteiger partial charge is 0.341 e. The van der Waals surface area contributed by atoms with E-state index in [4.69, 9.17) is 0 Å². The van der Waals surface area contributed by atoms with Crippen LogP contribution in [0.4, 0.5) is 0 Å². The molecule has 0 spiro atoms. The van der Waals surface area contributed by atoms with Crippen molar-refractivity contribution in [3.8, 4) is 0 Å². The molecule has 26 heavy (non-hydrogen) atoms. The Hall–Kier alpha value is -2.78. The normalized spacial score (nSPS) is 25.0. The van der Waals surface area contributed by atoms with Crippen LogP contribution in [0.1, 0.15) is 34.8 Å². The third-order valence-electron chi connectivity index (χ3n) is 5.49. The van der Waals surface area contributed by atoms with Gasteiger partial charge in [-0.25, -0.2) is 4.98 Å². The van der Waals surface area contributed by atoms with Crippen LogP contribution >= 0.6 is 0 Å². The number of hydrogen-bond donors (Lipinski definition) is 2. The quantitative estimate of drug-likeness (QED) is 0.776. The Morgan fingerprint density at radius 1 is 1.15 bits per heavy atom. The summed E-state index contributed by atoms with van der Waals surface area (Å²) in [5.74, 6) is 1.42. The zero-order chi connectivity index (χ0) is 18.5. The van der Waals surface area contributed by atoms with E-state index in [0.29, 0.717) is 49.2 Å². The highest BCUT2D eigenvalue weighted by atomic mass is 16.2. The number of aromatic nitrogens is 6. The summed E-state index contributed by atoms with van der Waals surface area (Å²) in [7, 11) is 0. The van der Waals surface area contributed by atoms with Gasteiger partial charge in [0.15, 0.2) is 11.5 Å². The fourth-order valence-corrected chi connectivity index (χ4v) is 4.04. The number of aryl methyl sites for hydroxylation is 2. The van der Waals surface area contributed by atoms with Gasteiger partial charge in [0.2, 0.25) is 5.91 Å². The van der Waals surface area contributed by atoms with E-state index in [1.165, 1.54) is 0 Å². The average molecular weight is 358 g/mol. The van der Waals surface area contributed by atoms with Gasteiger partial charge in [0.1, 0.15) is 5.82 Å². The van der Waals surface area contributed by atoms with Crippen LogP contribution in [0.25, 0.3) is 0 Å². The Balaban J connectivity index is 1.41. The predicted octanol–water partition coefficient (Wildman–Crippen LogP) is -0.297. The van der Waals surface area contributed by atoms with E-state index in [0.717, 1.165) is 0 Å². The van der Waals surface area contributed by atoms with Gasteiger partial charge in [0, 0.05) is 37.5 Å². The van der Waals surface area contributed by atoms with Gasteiger partial charge in [-0.2, -0.15) is 20.5 Å². The van der Waals surface area contributed by atoms with Crippen LogP contribution in [0.3, 0.4) is 0 Å². The highest BCUT2D eigenvalue weighted by Gasteiger charge is 2.51. The van der Waals surface area contributed by atoms with Gasteiger partial charge in [-0.3, -0.25) is 14.7 Å². The molecule has 0 aromatic carbocycles. The third kappa shape index (κ3) is 2.74. The van der Waals surface area contributed by atoms with E-state index in [1.807, 2.05) is 16.7 Å². The molecule has 0 aliphatic carbocycles. The van der Waals surface area contributed by atoms with Crippen molar-refractivity contribution in [3.63, 3.8) is 0 Å². The monoisotopic (exact) mass is 358 g/mol. The number of nitrogens with one attached hydrogen (secondary N) is 2. The number of rotatable bonds is 3. The van der Waals surface area contributed by atoms with E-state index in [1.54, 1.807) is 6.92 Å². The topological polar surface area (TPSA) is 124 Å². The van der Waals surface area contributed by atoms with Crippen LogP contribution in [-0.2, 0) is 11.2 Å². The van der Waals surface area contributed by atoms with Crippen molar-refractivity contribution in [2.75, 3.05) is 26.2 Å². The molecule has 2 fully saturated rings. The number of carbonyl (C=O) groups excluding carboxylic acids is 2. The summed E-state index contributed by atoms with van der Waals surface area (Å²) in [6, 6.07) is 0. The fourth-order valence-electron chi connectivity index (χ4n) is 4.04. The lowest BCUT2D eigenvalue weighted by molar-refractivity contribution is -0.130. The maximum absolute atomic E-state index is 12.7. The number of likely N-dealkylation sites (tertiary alicyclic amines) is 2. The Morgan fingerprint density at radius 2 is 1.88 bits per heavy atom. The SMILES string of the molecule is Cc1nc(CC(=O)N2C[C@@H]3CN(C(=O)c4n[nH]nc4C)C[C@]3(C)C2)n[nH]1. The lowest BCUT2D eigenvalue weighted by Crippen LogP contribution is -2.38. The number of fused-ring (bicyclic) bond motifs is 1. The fraction of sp³-hybridized carbons (Fsp3) is 0.625. The van der Waals surface area contributed by atoms with Crippen LogP contribution in [0.2, 0.25) is 0 Å². The van der Waals surface area contributed by atoms with E-state index in [9.17, 15) is 9.59 Å². The standard InChI is InChI=1S/C16H22N8O2/c1-9-14(21-22-18-9)15(26)24-6-11-5-23(7-16(11,3)8-24)13(25)4-12-17-10(2)19-20-12/h11H,4-8H2,1-3H3,(H,17,19,20)(H,18,21,22)/t11-,16+/m1/s1. The summed E-state index contributed by atoms with van der Waals surface area (Å²) in [5.41, 5.74) is 0.884. The van der Waals surface area contributed by atoms with Gasteiger partial charge in [0.05, 0.1) is 12.1 Å². The second-order valence-electron chi connectivity index (χ2n) is 7.58. The molecule has 10 nitrogen and oxygen atoms in total. The van der Waals surface area contributed by atoms with Gasteiger partial charge in [-0.15, -0.1) is 0 Å². The second kappa shape index (κ2) is 5.89. The second-order valence-corrected chi connectivity index (χ2v) is 7.58. The van der Waals surface area contributed by atoms with Gasteiger partial charge in [-0.05, 0) is 13.8 Å². The summed E-state index contributed by atoms with van der Waals surface area (Å²) < 4.78 is 0. The van der Waals surface area contributed by atoms with Crippen molar-refractivity contribution in [1.82, 2.24) is 40.4 Å². The van der Waals surface area contributed by atoms with Crippen molar-refractivity contribution in [1.29, 1.82) is 0 Å².